The van der Waals surface area contributed by atoms with E-state index in [1.807, 2.05) is 0 Å². The molecule has 20 heavy (non-hydrogen) atoms. The van der Waals surface area contributed by atoms with Gasteiger partial charge in [0.1, 0.15) is 0 Å². The lowest BCUT2D eigenvalue weighted by Crippen LogP contribution is -2.36. The number of hydrogen-bond donors (Lipinski definition) is 1. The summed E-state index contributed by atoms with van der Waals surface area (Å²) in [4.78, 5) is 0. The van der Waals surface area contributed by atoms with Crippen LogP contribution in [0.25, 0.3) is 0 Å². The van der Waals surface area contributed by atoms with Crippen molar-refractivity contribution < 1.29 is 5.11 Å². The van der Waals surface area contributed by atoms with Gasteiger partial charge < -0.3 is 5.11 Å². The fourth-order valence-corrected chi connectivity index (χ4v) is 5.69. The van der Waals surface area contributed by atoms with Crippen molar-refractivity contribution in [2.45, 2.75) is 90.1 Å². The first-order valence-electron chi connectivity index (χ1n) is 9.44. The molecule has 0 aromatic rings. The second-order valence-corrected chi connectivity index (χ2v) is 8.13. The Morgan fingerprint density at radius 1 is 0.700 bits per heavy atom. The van der Waals surface area contributed by atoms with Crippen molar-refractivity contribution in [3.63, 3.8) is 0 Å². The summed E-state index contributed by atoms with van der Waals surface area (Å²) in [5.41, 5.74) is 0. The van der Waals surface area contributed by atoms with Crippen LogP contribution in [0.2, 0.25) is 0 Å². The minimum absolute atomic E-state index is 0.0234. The smallest absolute Gasteiger partial charge is 0.0543 e. The maximum atomic E-state index is 9.94. The average Bonchev–Trinajstić information content (AvgIpc) is 2.47. The molecule has 3 saturated carbocycles. The summed E-state index contributed by atoms with van der Waals surface area (Å²) in [7, 11) is 0. The molecule has 3 fully saturated rings. The highest BCUT2D eigenvalue weighted by molar-refractivity contribution is 4.89. The van der Waals surface area contributed by atoms with Crippen molar-refractivity contribution in [3.05, 3.63) is 0 Å². The van der Waals surface area contributed by atoms with Gasteiger partial charge >= 0.3 is 0 Å². The molecule has 3 rings (SSSR count). The second kappa shape index (κ2) is 6.81. The maximum Gasteiger partial charge on any atom is 0.0543 e. The Balaban J connectivity index is 1.49. The van der Waals surface area contributed by atoms with Crippen LogP contribution < -0.4 is 0 Å². The molecule has 3 aliphatic rings. The molecular weight excluding hydrogens is 244 g/mol. The van der Waals surface area contributed by atoms with Crippen LogP contribution in [-0.2, 0) is 0 Å². The van der Waals surface area contributed by atoms with Gasteiger partial charge in [-0.15, -0.1) is 0 Å². The van der Waals surface area contributed by atoms with Crippen molar-refractivity contribution in [1.82, 2.24) is 0 Å². The molecule has 1 N–H and O–H groups in total. The van der Waals surface area contributed by atoms with E-state index < -0.39 is 0 Å². The Morgan fingerprint density at radius 3 is 2.05 bits per heavy atom. The quantitative estimate of drug-likeness (QED) is 0.755. The van der Waals surface area contributed by atoms with Crippen LogP contribution in [0.15, 0.2) is 0 Å². The van der Waals surface area contributed by atoms with Crippen molar-refractivity contribution in [3.8, 4) is 0 Å². The summed E-state index contributed by atoms with van der Waals surface area (Å²) in [5, 5.41) is 9.94. The number of aliphatic hydroxyl groups is 1. The molecule has 1 heteroatoms. The molecule has 0 saturated heterocycles. The van der Waals surface area contributed by atoms with E-state index in [0.717, 1.165) is 42.4 Å². The predicted molar refractivity (Wildman–Crippen MR) is 84.5 cm³/mol. The first-order chi connectivity index (χ1) is 9.76. The van der Waals surface area contributed by atoms with E-state index in [-0.39, 0.29) is 6.10 Å². The van der Waals surface area contributed by atoms with Gasteiger partial charge in [-0.05, 0) is 81.0 Å². The van der Waals surface area contributed by atoms with Gasteiger partial charge in [0.25, 0.3) is 0 Å². The zero-order valence-electron chi connectivity index (χ0n) is 13.4. The van der Waals surface area contributed by atoms with Gasteiger partial charge in [0.15, 0.2) is 0 Å². The molecule has 0 amide bonds. The van der Waals surface area contributed by atoms with Gasteiger partial charge in [0, 0.05) is 0 Å². The Morgan fingerprint density at radius 2 is 1.30 bits per heavy atom. The Hall–Kier alpha value is -0.0400. The van der Waals surface area contributed by atoms with Crippen LogP contribution in [0.1, 0.15) is 84.0 Å². The highest BCUT2D eigenvalue weighted by atomic mass is 16.3. The van der Waals surface area contributed by atoms with Crippen molar-refractivity contribution in [2.75, 3.05) is 0 Å². The predicted octanol–water partition coefficient (Wildman–Crippen LogP) is 5.17. The second-order valence-electron chi connectivity index (χ2n) is 8.13. The lowest BCUT2D eigenvalue weighted by molar-refractivity contribution is 0.0179. The van der Waals surface area contributed by atoms with E-state index in [9.17, 15) is 5.11 Å². The highest BCUT2D eigenvalue weighted by Gasteiger charge is 2.38. The molecule has 0 aliphatic heterocycles. The fourth-order valence-electron chi connectivity index (χ4n) is 5.69. The van der Waals surface area contributed by atoms with Crippen LogP contribution >= 0.6 is 0 Å². The first kappa shape index (κ1) is 14.9. The summed E-state index contributed by atoms with van der Waals surface area (Å²) in [6, 6.07) is 0. The molecule has 0 heterocycles. The van der Waals surface area contributed by atoms with E-state index in [4.69, 9.17) is 0 Å². The summed E-state index contributed by atoms with van der Waals surface area (Å²) in [5.74, 6) is 4.91. The first-order valence-corrected chi connectivity index (χ1v) is 9.44. The summed E-state index contributed by atoms with van der Waals surface area (Å²) in [6.45, 7) is 2.34. The van der Waals surface area contributed by atoms with Crippen LogP contribution in [0.3, 0.4) is 0 Å². The minimum Gasteiger partial charge on any atom is -0.393 e. The number of rotatable bonds is 3. The fraction of sp³-hybridized carbons (Fsp3) is 1.00. The van der Waals surface area contributed by atoms with Gasteiger partial charge in [0.2, 0.25) is 0 Å². The molecule has 0 aromatic heterocycles. The average molecular weight is 278 g/mol. The van der Waals surface area contributed by atoms with Crippen LogP contribution in [-0.4, -0.2) is 11.2 Å². The van der Waals surface area contributed by atoms with Gasteiger partial charge in [-0.1, -0.05) is 32.6 Å². The van der Waals surface area contributed by atoms with Crippen LogP contribution in [0.5, 0.6) is 0 Å². The third-order valence-electron chi connectivity index (χ3n) is 6.88. The number of fused-ring (bicyclic) bond motifs is 1. The molecule has 0 radical (unpaired) electrons. The van der Waals surface area contributed by atoms with E-state index >= 15 is 0 Å². The molecule has 0 bridgehead atoms. The topological polar surface area (TPSA) is 20.2 Å². The number of aliphatic hydroxyl groups excluding tert-OH is 1. The molecule has 3 aliphatic carbocycles. The van der Waals surface area contributed by atoms with E-state index in [0.29, 0.717) is 0 Å². The van der Waals surface area contributed by atoms with Crippen LogP contribution in [0, 0.1) is 29.6 Å². The van der Waals surface area contributed by atoms with E-state index in [2.05, 4.69) is 6.92 Å². The van der Waals surface area contributed by atoms with Gasteiger partial charge in [-0.3, -0.25) is 0 Å². The SMILES string of the molecule is CCCC1CCC(C2CCC3CCC(O)CC3C2)CC1. The summed E-state index contributed by atoms with van der Waals surface area (Å²) >= 11 is 0. The molecule has 116 valence electrons. The third-order valence-corrected chi connectivity index (χ3v) is 6.88. The highest BCUT2D eigenvalue weighted by Crippen LogP contribution is 2.48. The van der Waals surface area contributed by atoms with Crippen LogP contribution in [0.4, 0.5) is 0 Å². The lowest BCUT2D eigenvalue weighted by atomic mass is 9.62. The molecule has 0 aromatic carbocycles. The zero-order valence-corrected chi connectivity index (χ0v) is 13.4. The standard InChI is InChI=1S/C19H34O/c1-2-3-14-4-6-15(7-5-14)17-9-8-16-10-11-19(20)13-18(16)12-17/h14-20H,2-13H2,1H3. The Bertz CT molecular complexity index is 292. The summed E-state index contributed by atoms with van der Waals surface area (Å²) in [6.07, 6.45) is 16.8. The molecule has 4 unspecified atom stereocenters. The Labute approximate surface area is 125 Å². The lowest BCUT2D eigenvalue weighted by Gasteiger charge is -2.44. The third kappa shape index (κ3) is 3.40. The van der Waals surface area contributed by atoms with E-state index in [1.54, 1.807) is 0 Å². The van der Waals surface area contributed by atoms with E-state index in [1.165, 1.54) is 64.2 Å². The minimum atomic E-state index is 0.0234. The zero-order chi connectivity index (χ0) is 13.9. The maximum absolute atomic E-state index is 9.94. The van der Waals surface area contributed by atoms with Crippen molar-refractivity contribution in [2.24, 2.45) is 29.6 Å². The monoisotopic (exact) mass is 278 g/mol. The largest absolute Gasteiger partial charge is 0.393 e. The van der Waals surface area contributed by atoms with Gasteiger partial charge in [-0.25, -0.2) is 0 Å². The molecule has 0 spiro atoms. The summed E-state index contributed by atoms with van der Waals surface area (Å²) < 4.78 is 0. The normalized spacial score (nSPS) is 45.9. The molecular formula is C19H34O. The Kier molecular flexibility index (Phi) is 5.07. The van der Waals surface area contributed by atoms with Gasteiger partial charge in [0.05, 0.1) is 6.10 Å². The molecule has 4 atom stereocenters. The van der Waals surface area contributed by atoms with Crippen molar-refractivity contribution >= 4 is 0 Å². The van der Waals surface area contributed by atoms with Crippen molar-refractivity contribution in [1.29, 1.82) is 0 Å². The van der Waals surface area contributed by atoms with Gasteiger partial charge in [-0.2, -0.15) is 0 Å². The molecule has 1 nitrogen and oxygen atoms in total. The number of hydrogen-bond acceptors (Lipinski definition) is 1.